The summed E-state index contributed by atoms with van der Waals surface area (Å²) in [5.41, 5.74) is 0. The molecule has 0 amide bonds. The third kappa shape index (κ3) is 10.6. The summed E-state index contributed by atoms with van der Waals surface area (Å²) in [5.74, 6) is -0.202. The number of hydrogen-bond acceptors (Lipinski definition) is 6. The molecule has 0 spiro atoms. The molecule has 0 heterocycles. The minimum atomic E-state index is -0.262. The van der Waals surface area contributed by atoms with Crippen LogP contribution in [0.4, 0.5) is 0 Å². The molecule has 1 unspecified atom stereocenters. The van der Waals surface area contributed by atoms with E-state index in [4.69, 9.17) is 14.2 Å². The van der Waals surface area contributed by atoms with Crippen LogP contribution in [0.1, 0.15) is 26.7 Å². The van der Waals surface area contributed by atoms with Crippen LogP contribution in [-0.2, 0) is 19.0 Å². The standard InChI is InChI=1S/C15H32N2O4/c1-13(2)16-14(15(18)21-5)7-9-17(10-12-20-4)8-6-11-19-3/h13-14,16H,6-12H2,1-5H3. The van der Waals surface area contributed by atoms with Gasteiger partial charge < -0.3 is 24.4 Å². The Morgan fingerprint density at radius 1 is 1.05 bits per heavy atom. The zero-order valence-corrected chi connectivity index (χ0v) is 14.2. The number of esters is 1. The SMILES string of the molecule is COCCCN(CCOC)CCC(NC(C)C)C(=O)OC. The molecule has 21 heavy (non-hydrogen) atoms. The van der Waals surface area contributed by atoms with Gasteiger partial charge in [-0.15, -0.1) is 0 Å². The third-order valence-electron chi connectivity index (χ3n) is 3.19. The largest absolute Gasteiger partial charge is 0.468 e. The van der Waals surface area contributed by atoms with Gasteiger partial charge in [0.2, 0.25) is 0 Å². The molecule has 0 aromatic heterocycles. The Balaban J connectivity index is 4.32. The van der Waals surface area contributed by atoms with Gasteiger partial charge in [0.05, 0.1) is 13.7 Å². The van der Waals surface area contributed by atoms with E-state index < -0.39 is 0 Å². The van der Waals surface area contributed by atoms with Gasteiger partial charge in [0.15, 0.2) is 0 Å². The van der Waals surface area contributed by atoms with Gasteiger partial charge in [-0.3, -0.25) is 4.79 Å². The maximum Gasteiger partial charge on any atom is 0.322 e. The molecular weight excluding hydrogens is 272 g/mol. The van der Waals surface area contributed by atoms with Crippen molar-refractivity contribution in [3.63, 3.8) is 0 Å². The Morgan fingerprint density at radius 3 is 2.24 bits per heavy atom. The van der Waals surface area contributed by atoms with E-state index in [2.05, 4.69) is 10.2 Å². The fourth-order valence-corrected chi connectivity index (χ4v) is 2.11. The van der Waals surface area contributed by atoms with E-state index in [0.29, 0.717) is 6.61 Å². The van der Waals surface area contributed by atoms with Gasteiger partial charge in [-0.25, -0.2) is 0 Å². The topological polar surface area (TPSA) is 60.0 Å². The highest BCUT2D eigenvalue weighted by molar-refractivity contribution is 5.75. The highest BCUT2D eigenvalue weighted by Crippen LogP contribution is 2.02. The normalized spacial score (nSPS) is 12.9. The third-order valence-corrected chi connectivity index (χ3v) is 3.19. The van der Waals surface area contributed by atoms with Gasteiger partial charge in [0.25, 0.3) is 0 Å². The molecule has 126 valence electrons. The van der Waals surface area contributed by atoms with E-state index in [1.807, 2.05) is 13.8 Å². The van der Waals surface area contributed by atoms with Crippen molar-refractivity contribution in [1.29, 1.82) is 0 Å². The minimum absolute atomic E-state index is 0.202. The first-order valence-corrected chi connectivity index (χ1v) is 7.59. The summed E-state index contributed by atoms with van der Waals surface area (Å²) in [6.07, 6.45) is 1.70. The lowest BCUT2D eigenvalue weighted by Crippen LogP contribution is -2.44. The van der Waals surface area contributed by atoms with Crippen LogP contribution in [0.5, 0.6) is 0 Å². The van der Waals surface area contributed by atoms with E-state index in [9.17, 15) is 4.79 Å². The number of nitrogens with one attached hydrogen (secondary N) is 1. The summed E-state index contributed by atoms with van der Waals surface area (Å²) in [4.78, 5) is 14.1. The van der Waals surface area contributed by atoms with Gasteiger partial charge in [0.1, 0.15) is 6.04 Å². The van der Waals surface area contributed by atoms with Crippen molar-refractivity contribution in [2.24, 2.45) is 0 Å². The molecule has 6 heteroatoms. The Morgan fingerprint density at radius 2 is 1.71 bits per heavy atom. The summed E-state index contributed by atoms with van der Waals surface area (Å²) in [7, 11) is 4.84. The fraction of sp³-hybridized carbons (Fsp3) is 0.933. The molecule has 0 saturated carbocycles. The molecule has 0 fully saturated rings. The van der Waals surface area contributed by atoms with E-state index in [1.165, 1.54) is 7.11 Å². The minimum Gasteiger partial charge on any atom is -0.468 e. The number of ether oxygens (including phenoxy) is 3. The Labute approximate surface area is 129 Å². The molecule has 0 rings (SSSR count). The zero-order valence-electron chi connectivity index (χ0n) is 14.2. The number of carbonyl (C=O) groups is 1. The number of methoxy groups -OCH3 is 3. The molecule has 0 aliphatic carbocycles. The van der Waals surface area contributed by atoms with Crippen molar-refractivity contribution in [3.8, 4) is 0 Å². The molecule has 0 aliphatic heterocycles. The van der Waals surface area contributed by atoms with Gasteiger partial charge in [-0.1, -0.05) is 13.8 Å². The van der Waals surface area contributed by atoms with Crippen LogP contribution in [0.15, 0.2) is 0 Å². The highest BCUT2D eigenvalue weighted by Gasteiger charge is 2.20. The molecule has 0 aliphatic rings. The first-order valence-electron chi connectivity index (χ1n) is 7.59. The number of rotatable bonds is 13. The summed E-state index contributed by atoms with van der Waals surface area (Å²) < 4.78 is 15.1. The predicted molar refractivity (Wildman–Crippen MR) is 83.5 cm³/mol. The maximum absolute atomic E-state index is 11.8. The van der Waals surface area contributed by atoms with Gasteiger partial charge in [0, 0.05) is 46.5 Å². The molecule has 6 nitrogen and oxygen atoms in total. The molecule has 1 N–H and O–H groups in total. The van der Waals surface area contributed by atoms with Crippen LogP contribution in [0.2, 0.25) is 0 Å². The second kappa shape index (κ2) is 13.0. The van der Waals surface area contributed by atoms with Gasteiger partial charge >= 0.3 is 5.97 Å². The predicted octanol–water partition coefficient (Wildman–Crippen LogP) is 0.901. The van der Waals surface area contributed by atoms with Crippen molar-refractivity contribution in [2.45, 2.75) is 38.8 Å². The quantitative estimate of drug-likeness (QED) is 0.403. The van der Waals surface area contributed by atoms with E-state index in [0.717, 1.165) is 39.1 Å². The summed E-state index contributed by atoms with van der Waals surface area (Å²) in [5, 5.41) is 3.25. The van der Waals surface area contributed by atoms with Gasteiger partial charge in [-0.05, 0) is 12.8 Å². The Hall–Kier alpha value is -0.690. The lowest BCUT2D eigenvalue weighted by molar-refractivity contribution is -0.143. The molecular formula is C15H32N2O4. The highest BCUT2D eigenvalue weighted by atomic mass is 16.5. The van der Waals surface area contributed by atoms with Crippen LogP contribution in [0.25, 0.3) is 0 Å². The molecule has 0 bridgehead atoms. The Kier molecular flexibility index (Phi) is 12.6. The number of hydrogen-bond donors (Lipinski definition) is 1. The average molecular weight is 304 g/mol. The fourth-order valence-electron chi connectivity index (χ4n) is 2.11. The monoisotopic (exact) mass is 304 g/mol. The van der Waals surface area contributed by atoms with Crippen LogP contribution in [0.3, 0.4) is 0 Å². The average Bonchev–Trinajstić information content (AvgIpc) is 2.46. The second-order valence-electron chi connectivity index (χ2n) is 5.37. The van der Waals surface area contributed by atoms with Crippen molar-refractivity contribution in [2.75, 3.05) is 54.2 Å². The molecule has 0 aromatic carbocycles. The van der Waals surface area contributed by atoms with Crippen LogP contribution < -0.4 is 5.32 Å². The van der Waals surface area contributed by atoms with Crippen molar-refractivity contribution >= 4 is 5.97 Å². The molecule has 1 atom stereocenters. The van der Waals surface area contributed by atoms with E-state index in [1.54, 1.807) is 14.2 Å². The van der Waals surface area contributed by atoms with Crippen LogP contribution in [0, 0.1) is 0 Å². The second-order valence-corrected chi connectivity index (χ2v) is 5.37. The smallest absolute Gasteiger partial charge is 0.322 e. The summed E-state index contributed by atoms with van der Waals surface area (Å²) >= 11 is 0. The lowest BCUT2D eigenvalue weighted by Gasteiger charge is -2.25. The molecule has 0 aromatic rings. The lowest BCUT2D eigenvalue weighted by atomic mass is 10.1. The first kappa shape index (κ1) is 20.3. The zero-order chi connectivity index (χ0) is 16.1. The van der Waals surface area contributed by atoms with Crippen molar-refractivity contribution in [3.05, 3.63) is 0 Å². The summed E-state index contributed by atoms with van der Waals surface area (Å²) in [6, 6.07) is -0.0162. The summed E-state index contributed by atoms with van der Waals surface area (Å²) in [6.45, 7) is 8.10. The number of nitrogens with zero attached hydrogens (tertiary/aromatic N) is 1. The van der Waals surface area contributed by atoms with Crippen LogP contribution >= 0.6 is 0 Å². The van der Waals surface area contributed by atoms with E-state index >= 15 is 0 Å². The Bertz CT molecular complexity index is 262. The van der Waals surface area contributed by atoms with E-state index in [-0.39, 0.29) is 18.1 Å². The van der Waals surface area contributed by atoms with Crippen molar-refractivity contribution in [1.82, 2.24) is 10.2 Å². The van der Waals surface area contributed by atoms with Crippen LogP contribution in [-0.4, -0.2) is 77.1 Å². The molecule has 0 saturated heterocycles. The maximum atomic E-state index is 11.8. The van der Waals surface area contributed by atoms with Gasteiger partial charge in [-0.2, -0.15) is 0 Å². The molecule has 0 radical (unpaired) electrons. The number of carbonyl (C=O) groups excluding carboxylic acids is 1. The first-order chi connectivity index (χ1) is 10.0. The van der Waals surface area contributed by atoms with Crippen molar-refractivity contribution < 1.29 is 19.0 Å².